The summed E-state index contributed by atoms with van der Waals surface area (Å²) in [5.74, 6) is -1.17. The first-order chi connectivity index (χ1) is 13.3. The van der Waals surface area contributed by atoms with Crippen molar-refractivity contribution in [3.8, 4) is 5.75 Å². The molecule has 1 aliphatic carbocycles. The number of likely N-dealkylation sites (tertiary alicyclic amines) is 2. The van der Waals surface area contributed by atoms with Crippen LogP contribution >= 0.6 is 0 Å². The zero-order valence-electron chi connectivity index (χ0n) is 16.1. The summed E-state index contributed by atoms with van der Waals surface area (Å²) >= 11 is 0. The van der Waals surface area contributed by atoms with Crippen LogP contribution < -0.4 is 0 Å². The maximum atomic E-state index is 12.8. The van der Waals surface area contributed by atoms with Gasteiger partial charge in [-0.15, -0.1) is 0 Å². The van der Waals surface area contributed by atoms with Gasteiger partial charge in [0.15, 0.2) is 0 Å². The Bertz CT molecular complexity index is 824. The summed E-state index contributed by atoms with van der Waals surface area (Å²) in [6.07, 6.45) is 3.51. The second kappa shape index (κ2) is 6.79. The number of benzene rings is 1. The van der Waals surface area contributed by atoms with Gasteiger partial charge in [0.2, 0.25) is 5.91 Å². The van der Waals surface area contributed by atoms with E-state index in [0.29, 0.717) is 44.5 Å². The van der Waals surface area contributed by atoms with Crippen molar-refractivity contribution < 1.29 is 24.6 Å². The van der Waals surface area contributed by atoms with E-state index in [2.05, 4.69) is 0 Å². The van der Waals surface area contributed by atoms with E-state index in [1.807, 2.05) is 6.92 Å². The van der Waals surface area contributed by atoms with Crippen molar-refractivity contribution in [2.24, 2.45) is 11.3 Å². The third kappa shape index (κ3) is 3.34. The van der Waals surface area contributed by atoms with Crippen LogP contribution in [0.5, 0.6) is 5.75 Å². The standard InChI is InChI=1S/C21H26N2O5/c1-13-2-5-15(17(24)10-13)19(26)22-8-6-21(7-9-22)11-16(20(27)28)23(12-21)18(25)14-3-4-14/h2,5,10,14,16,24H,3-4,6-9,11-12H2,1H3,(H,27,28). The van der Waals surface area contributed by atoms with Crippen LogP contribution in [0.15, 0.2) is 18.2 Å². The van der Waals surface area contributed by atoms with Crippen LogP contribution in [0, 0.1) is 18.3 Å². The van der Waals surface area contributed by atoms with Gasteiger partial charge in [0.1, 0.15) is 11.8 Å². The molecule has 1 atom stereocenters. The summed E-state index contributed by atoms with van der Waals surface area (Å²) in [7, 11) is 0. The molecule has 2 saturated heterocycles. The van der Waals surface area contributed by atoms with E-state index >= 15 is 0 Å². The normalized spacial score (nSPS) is 23.8. The minimum Gasteiger partial charge on any atom is -0.507 e. The molecule has 150 valence electrons. The lowest BCUT2D eigenvalue weighted by Gasteiger charge is -2.39. The number of nitrogens with zero attached hydrogens (tertiary/aromatic N) is 2. The Balaban J connectivity index is 1.45. The third-order valence-electron chi connectivity index (χ3n) is 6.50. The molecule has 2 heterocycles. The fourth-order valence-electron chi connectivity index (χ4n) is 4.61. The number of aryl methyl sites for hydroxylation is 1. The molecule has 0 bridgehead atoms. The SMILES string of the molecule is Cc1ccc(C(=O)N2CCC3(CC2)CC(C(=O)O)N(C(=O)C2CC2)C3)c(O)c1. The summed E-state index contributed by atoms with van der Waals surface area (Å²) in [6, 6.07) is 4.27. The second-order valence-electron chi connectivity index (χ2n) is 8.61. The molecule has 2 aliphatic heterocycles. The number of carbonyl (C=O) groups excluding carboxylic acids is 2. The van der Waals surface area contributed by atoms with E-state index in [0.717, 1.165) is 18.4 Å². The molecule has 1 aromatic rings. The molecule has 0 aromatic heterocycles. The van der Waals surface area contributed by atoms with E-state index in [1.165, 1.54) is 0 Å². The molecule has 3 fully saturated rings. The van der Waals surface area contributed by atoms with Crippen molar-refractivity contribution in [1.29, 1.82) is 0 Å². The predicted octanol–water partition coefficient (Wildman–Crippen LogP) is 2.02. The number of amides is 2. The highest BCUT2D eigenvalue weighted by Gasteiger charge is 2.52. The van der Waals surface area contributed by atoms with Gasteiger partial charge in [-0.25, -0.2) is 4.79 Å². The Labute approximate surface area is 163 Å². The third-order valence-corrected chi connectivity index (χ3v) is 6.50. The molecule has 2 amide bonds. The first-order valence-corrected chi connectivity index (χ1v) is 9.92. The Morgan fingerprint density at radius 1 is 1.14 bits per heavy atom. The highest BCUT2D eigenvalue weighted by atomic mass is 16.4. The van der Waals surface area contributed by atoms with Gasteiger partial charge in [-0.2, -0.15) is 0 Å². The lowest BCUT2D eigenvalue weighted by molar-refractivity contribution is -0.148. The molecule has 7 heteroatoms. The van der Waals surface area contributed by atoms with Gasteiger partial charge in [-0.1, -0.05) is 6.07 Å². The van der Waals surface area contributed by atoms with Crippen LogP contribution in [-0.2, 0) is 9.59 Å². The molecular weight excluding hydrogens is 360 g/mol. The number of aromatic hydroxyl groups is 1. The van der Waals surface area contributed by atoms with Crippen molar-refractivity contribution in [1.82, 2.24) is 9.80 Å². The van der Waals surface area contributed by atoms with Gasteiger partial charge in [-0.3, -0.25) is 9.59 Å². The van der Waals surface area contributed by atoms with Crippen LogP contribution in [0.3, 0.4) is 0 Å². The number of rotatable bonds is 3. The molecule has 2 N–H and O–H groups in total. The highest BCUT2D eigenvalue weighted by Crippen LogP contribution is 2.45. The maximum absolute atomic E-state index is 12.8. The number of carboxylic acids is 1. The van der Waals surface area contributed by atoms with Crippen LogP contribution in [0.25, 0.3) is 0 Å². The molecule has 1 unspecified atom stereocenters. The first kappa shape index (κ1) is 18.8. The van der Waals surface area contributed by atoms with Gasteiger partial charge in [0.25, 0.3) is 5.91 Å². The number of hydrogen-bond acceptors (Lipinski definition) is 4. The lowest BCUT2D eigenvalue weighted by Crippen LogP contribution is -2.45. The van der Waals surface area contributed by atoms with Crippen LogP contribution in [-0.4, -0.2) is 63.5 Å². The quantitative estimate of drug-likeness (QED) is 0.828. The first-order valence-electron chi connectivity index (χ1n) is 9.92. The Morgan fingerprint density at radius 2 is 1.82 bits per heavy atom. The molecular formula is C21H26N2O5. The van der Waals surface area contributed by atoms with Crippen LogP contribution in [0.1, 0.15) is 48.0 Å². The number of aliphatic carboxylic acids is 1. The van der Waals surface area contributed by atoms with Crippen molar-refractivity contribution >= 4 is 17.8 Å². The highest BCUT2D eigenvalue weighted by molar-refractivity contribution is 5.97. The van der Waals surface area contributed by atoms with Gasteiger partial charge < -0.3 is 20.0 Å². The molecule has 28 heavy (non-hydrogen) atoms. The largest absolute Gasteiger partial charge is 0.507 e. The number of hydrogen-bond donors (Lipinski definition) is 2. The second-order valence-corrected chi connectivity index (χ2v) is 8.61. The zero-order chi connectivity index (χ0) is 20.1. The summed E-state index contributed by atoms with van der Waals surface area (Å²) < 4.78 is 0. The van der Waals surface area contributed by atoms with E-state index in [4.69, 9.17) is 0 Å². The Morgan fingerprint density at radius 3 is 2.39 bits per heavy atom. The predicted molar refractivity (Wildman–Crippen MR) is 101 cm³/mol. The number of phenolic OH excluding ortho intramolecular Hbond substituents is 1. The summed E-state index contributed by atoms with van der Waals surface area (Å²) in [6.45, 7) is 3.33. The molecule has 1 saturated carbocycles. The van der Waals surface area contributed by atoms with Crippen molar-refractivity contribution in [2.45, 2.75) is 45.1 Å². The smallest absolute Gasteiger partial charge is 0.326 e. The topological polar surface area (TPSA) is 98.2 Å². The Kier molecular flexibility index (Phi) is 4.56. The average Bonchev–Trinajstić information content (AvgIpc) is 3.44. The molecule has 1 spiro atoms. The Hall–Kier alpha value is -2.57. The molecule has 3 aliphatic rings. The summed E-state index contributed by atoms with van der Waals surface area (Å²) in [5.41, 5.74) is 0.944. The van der Waals surface area contributed by atoms with Gasteiger partial charge in [-0.05, 0) is 62.1 Å². The monoisotopic (exact) mass is 386 g/mol. The van der Waals surface area contributed by atoms with E-state index in [-0.39, 0.29) is 28.9 Å². The molecule has 1 aromatic carbocycles. The van der Waals surface area contributed by atoms with Gasteiger partial charge >= 0.3 is 5.97 Å². The van der Waals surface area contributed by atoms with E-state index in [1.54, 1.807) is 28.0 Å². The maximum Gasteiger partial charge on any atom is 0.326 e. The van der Waals surface area contributed by atoms with Crippen LogP contribution in [0.2, 0.25) is 0 Å². The molecule has 7 nitrogen and oxygen atoms in total. The van der Waals surface area contributed by atoms with E-state index < -0.39 is 12.0 Å². The summed E-state index contributed by atoms with van der Waals surface area (Å²) in [5, 5.41) is 19.7. The number of piperidine rings is 1. The fraction of sp³-hybridized carbons (Fsp3) is 0.571. The minimum absolute atomic E-state index is 0.00294. The average molecular weight is 386 g/mol. The minimum atomic E-state index is -0.936. The summed E-state index contributed by atoms with van der Waals surface area (Å²) in [4.78, 5) is 40.3. The van der Waals surface area contributed by atoms with Gasteiger partial charge in [0.05, 0.1) is 5.56 Å². The number of carbonyl (C=O) groups is 3. The van der Waals surface area contributed by atoms with Crippen LogP contribution in [0.4, 0.5) is 0 Å². The van der Waals surface area contributed by atoms with Crippen molar-refractivity contribution in [3.05, 3.63) is 29.3 Å². The van der Waals surface area contributed by atoms with Gasteiger partial charge in [0, 0.05) is 25.6 Å². The lowest BCUT2D eigenvalue weighted by atomic mass is 9.76. The fourth-order valence-corrected chi connectivity index (χ4v) is 4.61. The molecule has 0 radical (unpaired) electrons. The number of carboxylic acid groups (broad SMARTS) is 1. The van der Waals surface area contributed by atoms with Crippen molar-refractivity contribution in [2.75, 3.05) is 19.6 Å². The van der Waals surface area contributed by atoms with Crippen molar-refractivity contribution in [3.63, 3.8) is 0 Å². The molecule has 4 rings (SSSR count). The van der Waals surface area contributed by atoms with E-state index in [9.17, 15) is 24.6 Å². The zero-order valence-corrected chi connectivity index (χ0v) is 16.1. The number of phenols is 1.